The molecule has 1 aliphatic rings. The number of benzene rings is 1. The second kappa shape index (κ2) is 7.47. The maximum absolute atomic E-state index is 10.9. The topological polar surface area (TPSA) is 89.1 Å². The molecular weight excluding hydrogens is 380 g/mol. The molecule has 1 N–H and O–H groups in total. The van der Waals surface area contributed by atoms with Crippen molar-refractivity contribution in [2.24, 2.45) is 0 Å². The molecule has 0 aliphatic carbocycles. The summed E-state index contributed by atoms with van der Waals surface area (Å²) in [4.78, 5) is 22.3. The average Bonchev–Trinajstić information content (AvgIpc) is 3.40. The average molecular weight is 400 g/mol. The lowest BCUT2D eigenvalue weighted by atomic mass is 10.2. The molecule has 150 valence electrons. The van der Waals surface area contributed by atoms with E-state index in [1.807, 2.05) is 6.20 Å². The SMILES string of the molecule is O=C(O)Cc1ccn(-c2cncc(-n3ncc4ccc(N5CC=CCC5)cc43)n2)c1. The Bertz CT molecular complexity index is 1260. The Balaban J connectivity index is 1.51. The van der Waals surface area contributed by atoms with Gasteiger partial charge in [-0.3, -0.25) is 9.78 Å². The number of rotatable bonds is 5. The molecule has 0 atom stereocenters. The van der Waals surface area contributed by atoms with Crippen LogP contribution in [0.3, 0.4) is 0 Å². The second-order valence-corrected chi connectivity index (χ2v) is 7.24. The number of carboxylic acids is 1. The first-order valence-electron chi connectivity index (χ1n) is 9.76. The van der Waals surface area contributed by atoms with Crippen LogP contribution in [0.1, 0.15) is 12.0 Å². The van der Waals surface area contributed by atoms with Gasteiger partial charge in [0.1, 0.15) is 0 Å². The maximum atomic E-state index is 10.9. The molecule has 0 saturated carbocycles. The zero-order chi connectivity index (χ0) is 20.5. The van der Waals surface area contributed by atoms with E-state index < -0.39 is 5.97 Å². The number of aromatic nitrogens is 5. The van der Waals surface area contributed by atoms with E-state index in [9.17, 15) is 4.79 Å². The molecule has 3 aromatic heterocycles. The summed E-state index contributed by atoms with van der Waals surface area (Å²) in [5, 5.41) is 14.5. The van der Waals surface area contributed by atoms with Crippen molar-refractivity contribution in [3.63, 3.8) is 0 Å². The molecule has 0 bridgehead atoms. The van der Waals surface area contributed by atoms with E-state index in [0.717, 1.165) is 36.1 Å². The Hall–Kier alpha value is -3.94. The minimum atomic E-state index is -0.865. The van der Waals surface area contributed by atoms with Gasteiger partial charge in [-0.05, 0) is 36.2 Å². The maximum Gasteiger partial charge on any atom is 0.307 e. The molecule has 0 fully saturated rings. The fraction of sp³-hybridized carbons (Fsp3) is 0.182. The molecule has 0 spiro atoms. The van der Waals surface area contributed by atoms with E-state index in [0.29, 0.717) is 17.2 Å². The third-order valence-corrected chi connectivity index (χ3v) is 5.18. The second-order valence-electron chi connectivity index (χ2n) is 7.24. The van der Waals surface area contributed by atoms with Crippen molar-refractivity contribution in [2.45, 2.75) is 12.8 Å². The molecule has 5 rings (SSSR count). The number of nitrogens with zero attached hydrogens (tertiary/aromatic N) is 6. The van der Waals surface area contributed by atoms with Gasteiger partial charge in [-0.25, -0.2) is 9.67 Å². The molecule has 8 nitrogen and oxygen atoms in total. The number of hydrogen-bond donors (Lipinski definition) is 1. The van der Waals surface area contributed by atoms with Gasteiger partial charge in [-0.15, -0.1) is 0 Å². The van der Waals surface area contributed by atoms with E-state index in [2.05, 4.69) is 45.3 Å². The van der Waals surface area contributed by atoms with Gasteiger partial charge in [-0.2, -0.15) is 5.10 Å². The summed E-state index contributed by atoms with van der Waals surface area (Å²) in [7, 11) is 0. The Kier molecular flexibility index (Phi) is 4.51. The molecule has 4 aromatic rings. The predicted molar refractivity (Wildman–Crippen MR) is 113 cm³/mol. The highest BCUT2D eigenvalue weighted by Gasteiger charge is 2.13. The fourth-order valence-electron chi connectivity index (χ4n) is 3.70. The van der Waals surface area contributed by atoms with Gasteiger partial charge in [-0.1, -0.05) is 12.2 Å². The minimum Gasteiger partial charge on any atom is -0.481 e. The first kappa shape index (κ1) is 18.1. The lowest BCUT2D eigenvalue weighted by molar-refractivity contribution is -0.136. The molecule has 1 aromatic carbocycles. The summed E-state index contributed by atoms with van der Waals surface area (Å²) < 4.78 is 3.56. The van der Waals surface area contributed by atoms with Crippen LogP contribution in [0.25, 0.3) is 22.5 Å². The molecule has 0 unspecified atom stereocenters. The largest absolute Gasteiger partial charge is 0.481 e. The Morgan fingerprint density at radius 2 is 2.00 bits per heavy atom. The Morgan fingerprint density at radius 3 is 2.83 bits per heavy atom. The van der Waals surface area contributed by atoms with E-state index in [1.54, 1.807) is 40.1 Å². The van der Waals surface area contributed by atoms with Crippen LogP contribution in [-0.2, 0) is 11.2 Å². The first-order valence-corrected chi connectivity index (χ1v) is 9.76. The summed E-state index contributed by atoms with van der Waals surface area (Å²) >= 11 is 0. The highest BCUT2D eigenvalue weighted by molar-refractivity contribution is 5.83. The number of aliphatic carboxylic acids is 1. The number of hydrogen-bond acceptors (Lipinski definition) is 5. The van der Waals surface area contributed by atoms with Gasteiger partial charge in [0, 0.05) is 36.6 Å². The third-order valence-electron chi connectivity index (χ3n) is 5.18. The van der Waals surface area contributed by atoms with Crippen LogP contribution in [-0.4, -0.2) is 48.5 Å². The molecule has 30 heavy (non-hydrogen) atoms. The highest BCUT2D eigenvalue weighted by atomic mass is 16.4. The monoisotopic (exact) mass is 400 g/mol. The molecular formula is C22H20N6O2. The summed E-state index contributed by atoms with van der Waals surface area (Å²) in [6.45, 7) is 1.90. The minimum absolute atomic E-state index is 0.0294. The summed E-state index contributed by atoms with van der Waals surface area (Å²) in [5.74, 6) is 0.340. The van der Waals surface area contributed by atoms with Crippen molar-refractivity contribution in [1.82, 2.24) is 24.3 Å². The van der Waals surface area contributed by atoms with Crippen LogP contribution in [0, 0.1) is 0 Å². The van der Waals surface area contributed by atoms with E-state index in [4.69, 9.17) is 10.1 Å². The summed E-state index contributed by atoms with van der Waals surface area (Å²) in [6.07, 6.45) is 14.1. The number of carboxylic acid groups (broad SMARTS) is 1. The number of carbonyl (C=O) groups is 1. The predicted octanol–water partition coefficient (Wildman–Crippen LogP) is 3.00. The van der Waals surface area contributed by atoms with Crippen LogP contribution in [0.15, 0.2) is 67.4 Å². The lowest BCUT2D eigenvalue weighted by Gasteiger charge is -2.25. The summed E-state index contributed by atoms with van der Waals surface area (Å²) in [5.41, 5.74) is 2.83. The van der Waals surface area contributed by atoms with Gasteiger partial charge in [0.25, 0.3) is 0 Å². The van der Waals surface area contributed by atoms with Crippen molar-refractivity contribution in [3.05, 3.63) is 73.0 Å². The Morgan fingerprint density at radius 1 is 1.10 bits per heavy atom. The molecule has 0 saturated heterocycles. The number of anilines is 1. The van der Waals surface area contributed by atoms with Crippen molar-refractivity contribution in [1.29, 1.82) is 0 Å². The zero-order valence-electron chi connectivity index (χ0n) is 16.2. The molecule has 0 radical (unpaired) electrons. The van der Waals surface area contributed by atoms with Gasteiger partial charge >= 0.3 is 5.97 Å². The lowest BCUT2D eigenvalue weighted by Crippen LogP contribution is -2.26. The zero-order valence-corrected chi connectivity index (χ0v) is 16.2. The third kappa shape index (κ3) is 3.43. The highest BCUT2D eigenvalue weighted by Crippen LogP contribution is 2.25. The van der Waals surface area contributed by atoms with Crippen LogP contribution in [0.2, 0.25) is 0 Å². The van der Waals surface area contributed by atoms with Gasteiger partial charge in [0.05, 0.1) is 30.5 Å². The van der Waals surface area contributed by atoms with Gasteiger partial charge in [0.2, 0.25) is 0 Å². The van der Waals surface area contributed by atoms with Crippen molar-refractivity contribution in [3.8, 4) is 11.6 Å². The smallest absolute Gasteiger partial charge is 0.307 e. The molecule has 8 heteroatoms. The normalized spacial score (nSPS) is 13.8. The van der Waals surface area contributed by atoms with Crippen molar-refractivity contribution >= 4 is 22.6 Å². The van der Waals surface area contributed by atoms with E-state index in [1.165, 1.54) is 0 Å². The van der Waals surface area contributed by atoms with Crippen molar-refractivity contribution in [2.75, 3.05) is 18.0 Å². The van der Waals surface area contributed by atoms with E-state index in [-0.39, 0.29) is 6.42 Å². The molecule has 0 amide bonds. The van der Waals surface area contributed by atoms with E-state index >= 15 is 0 Å². The van der Waals surface area contributed by atoms with Crippen LogP contribution in [0.5, 0.6) is 0 Å². The Labute approximate surface area is 172 Å². The van der Waals surface area contributed by atoms with Crippen LogP contribution < -0.4 is 4.90 Å². The van der Waals surface area contributed by atoms with Crippen molar-refractivity contribution < 1.29 is 9.90 Å². The fourth-order valence-corrected chi connectivity index (χ4v) is 3.70. The first-order chi connectivity index (χ1) is 14.7. The molecule has 1 aliphatic heterocycles. The summed E-state index contributed by atoms with van der Waals surface area (Å²) in [6, 6.07) is 8.11. The van der Waals surface area contributed by atoms with Gasteiger partial charge in [0.15, 0.2) is 11.6 Å². The van der Waals surface area contributed by atoms with Crippen LogP contribution >= 0.6 is 0 Å². The van der Waals surface area contributed by atoms with Gasteiger partial charge < -0.3 is 14.6 Å². The van der Waals surface area contributed by atoms with Crippen LogP contribution in [0.4, 0.5) is 5.69 Å². The molecule has 4 heterocycles. The number of fused-ring (bicyclic) bond motifs is 1. The quantitative estimate of drug-likeness (QED) is 0.518. The standard InChI is InChI=1S/C22H20N6O2/c29-22(30)10-16-6-9-27(15-16)20-13-23-14-21(25-20)28-19-11-18(5-4-17(19)12-24-28)26-7-2-1-3-8-26/h1-2,4-6,9,11-15H,3,7-8,10H2,(H,29,30).